The molecule has 3 nitrogen and oxygen atoms in total. The normalized spacial score (nSPS) is 19.0. The smallest absolute Gasteiger partial charge is 0.187 e. The summed E-state index contributed by atoms with van der Waals surface area (Å²) in [5.74, 6) is 0. The number of nitrogens with zero attached hydrogens (tertiary/aromatic N) is 3. The van der Waals surface area contributed by atoms with Crippen molar-refractivity contribution in [2.45, 2.75) is 38.1 Å². The van der Waals surface area contributed by atoms with E-state index in [1.54, 1.807) is 0 Å². The van der Waals surface area contributed by atoms with Crippen LogP contribution in [0.25, 0.3) is 15.4 Å². The van der Waals surface area contributed by atoms with Crippen molar-refractivity contribution in [2.75, 3.05) is 13.1 Å². The zero-order valence-corrected chi connectivity index (χ0v) is 13.4. The highest BCUT2D eigenvalue weighted by atomic mass is 32.1. The molecule has 1 aliphatic heterocycles. The van der Waals surface area contributed by atoms with E-state index in [9.17, 15) is 0 Å². The van der Waals surface area contributed by atoms with Crippen LogP contribution >= 0.6 is 11.3 Å². The largest absolute Gasteiger partial charge is 0.300 e. The Morgan fingerprint density at radius 2 is 1.91 bits per heavy atom. The molecule has 0 saturated heterocycles. The van der Waals surface area contributed by atoms with E-state index in [-0.39, 0.29) is 0 Å². The Labute approximate surface area is 135 Å². The molecule has 4 heteroatoms. The molecule has 0 radical (unpaired) electrons. The quantitative estimate of drug-likeness (QED) is 0.770. The zero-order valence-electron chi connectivity index (χ0n) is 12.6. The van der Waals surface area contributed by atoms with Gasteiger partial charge in [0, 0.05) is 36.0 Å². The maximum Gasteiger partial charge on any atom is 0.187 e. The van der Waals surface area contributed by atoms with Crippen molar-refractivity contribution in [2.24, 2.45) is 0 Å². The average Bonchev–Trinajstić information content (AvgIpc) is 2.82. The highest BCUT2D eigenvalue weighted by Gasteiger charge is 2.27. The summed E-state index contributed by atoms with van der Waals surface area (Å²) >= 11 is 1.84. The molecule has 0 N–H and O–H groups in total. The first kappa shape index (κ1) is 13.9. The van der Waals surface area contributed by atoms with Crippen molar-refractivity contribution in [3.63, 3.8) is 0 Å². The first-order valence-electron chi connectivity index (χ1n) is 8.04. The van der Waals surface area contributed by atoms with Gasteiger partial charge in [0.15, 0.2) is 5.69 Å². The molecule has 0 unspecified atom stereocenters. The Balaban J connectivity index is 1.53. The van der Waals surface area contributed by atoms with Gasteiger partial charge in [0.25, 0.3) is 0 Å². The van der Waals surface area contributed by atoms with Crippen LogP contribution in [-0.2, 0) is 12.8 Å². The molecule has 0 bridgehead atoms. The second-order valence-corrected chi connectivity index (χ2v) is 7.25. The first-order chi connectivity index (χ1) is 10.8. The van der Waals surface area contributed by atoms with Gasteiger partial charge in [-0.15, -0.1) is 11.3 Å². The number of thiazole rings is 1. The Kier molecular flexibility index (Phi) is 3.69. The van der Waals surface area contributed by atoms with Crippen molar-refractivity contribution in [1.29, 1.82) is 0 Å². The van der Waals surface area contributed by atoms with Crippen LogP contribution in [-0.4, -0.2) is 29.0 Å². The van der Waals surface area contributed by atoms with Crippen LogP contribution in [0.3, 0.4) is 0 Å². The van der Waals surface area contributed by atoms with Crippen molar-refractivity contribution in [1.82, 2.24) is 9.88 Å². The van der Waals surface area contributed by atoms with Crippen LogP contribution in [0, 0.1) is 6.57 Å². The van der Waals surface area contributed by atoms with E-state index in [4.69, 9.17) is 11.6 Å². The topological polar surface area (TPSA) is 20.5 Å². The van der Waals surface area contributed by atoms with Crippen LogP contribution in [0.2, 0.25) is 0 Å². The van der Waals surface area contributed by atoms with Gasteiger partial charge in [0.2, 0.25) is 0 Å². The molecule has 0 spiro atoms. The lowest BCUT2D eigenvalue weighted by molar-refractivity contribution is 0.133. The van der Waals surface area contributed by atoms with E-state index in [2.05, 4.69) is 9.74 Å². The highest BCUT2D eigenvalue weighted by Crippen LogP contribution is 2.33. The molecule has 2 heterocycles. The van der Waals surface area contributed by atoms with E-state index in [0.717, 1.165) is 36.0 Å². The van der Waals surface area contributed by atoms with Gasteiger partial charge in [-0.25, -0.2) is 9.83 Å². The number of hydrogen-bond acceptors (Lipinski definition) is 3. The lowest BCUT2D eigenvalue weighted by Gasteiger charge is -2.36. The Morgan fingerprint density at radius 3 is 2.59 bits per heavy atom. The van der Waals surface area contributed by atoms with E-state index in [1.165, 1.54) is 36.4 Å². The molecule has 1 aliphatic carbocycles. The van der Waals surface area contributed by atoms with Crippen LogP contribution < -0.4 is 0 Å². The predicted molar refractivity (Wildman–Crippen MR) is 90.4 cm³/mol. The molecule has 2 aliphatic rings. The first-order valence-corrected chi connectivity index (χ1v) is 8.85. The van der Waals surface area contributed by atoms with Crippen LogP contribution in [0.5, 0.6) is 0 Å². The number of fused-ring (bicyclic) bond motifs is 1. The molecule has 112 valence electrons. The molecular weight excluding hydrogens is 290 g/mol. The van der Waals surface area contributed by atoms with Crippen LogP contribution in [0.1, 0.15) is 29.8 Å². The fourth-order valence-electron chi connectivity index (χ4n) is 3.30. The van der Waals surface area contributed by atoms with Crippen molar-refractivity contribution < 1.29 is 0 Å². The molecule has 1 fully saturated rings. The van der Waals surface area contributed by atoms with Gasteiger partial charge in [0.1, 0.15) is 5.01 Å². The minimum absolute atomic E-state index is 0.693. The molecule has 0 atom stereocenters. The molecule has 0 amide bonds. The molecule has 1 aromatic heterocycles. The van der Waals surface area contributed by atoms with E-state index in [1.807, 2.05) is 35.6 Å². The lowest BCUT2D eigenvalue weighted by Crippen LogP contribution is -2.41. The summed E-state index contributed by atoms with van der Waals surface area (Å²) in [6.45, 7) is 9.39. The van der Waals surface area contributed by atoms with E-state index in [0.29, 0.717) is 5.69 Å². The van der Waals surface area contributed by atoms with Gasteiger partial charge in [0.05, 0.1) is 12.3 Å². The zero-order chi connectivity index (χ0) is 14.9. The van der Waals surface area contributed by atoms with Crippen LogP contribution in [0.15, 0.2) is 24.3 Å². The van der Waals surface area contributed by atoms with Crippen LogP contribution in [0.4, 0.5) is 5.69 Å². The number of rotatable bonds is 2. The second kappa shape index (κ2) is 5.83. The summed E-state index contributed by atoms with van der Waals surface area (Å²) in [6.07, 6.45) is 6.41. The highest BCUT2D eigenvalue weighted by molar-refractivity contribution is 7.15. The second-order valence-electron chi connectivity index (χ2n) is 6.17. The average molecular weight is 309 g/mol. The molecule has 22 heavy (non-hydrogen) atoms. The van der Waals surface area contributed by atoms with Gasteiger partial charge >= 0.3 is 0 Å². The molecule has 2 aromatic rings. The summed E-state index contributed by atoms with van der Waals surface area (Å²) in [5.41, 5.74) is 3.13. The summed E-state index contributed by atoms with van der Waals surface area (Å²) in [5, 5.41) is 1.11. The van der Waals surface area contributed by atoms with Crippen molar-refractivity contribution in [3.05, 3.63) is 46.3 Å². The minimum Gasteiger partial charge on any atom is -0.300 e. The van der Waals surface area contributed by atoms with Crippen molar-refractivity contribution in [3.8, 4) is 10.6 Å². The fraction of sp³-hybridized carbons (Fsp3) is 0.444. The van der Waals surface area contributed by atoms with Crippen molar-refractivity contribution >= 4 is 17.0 Å². The summed E-state index contributed by atoms with van der Waals surface area (Å²) in [6, 6.07) is 8.65. The maximum absolute atomic E-state index is 7.03. The molecule has 4 rings (SSSR count). The van der Waals surface area contributed by atoms with Gasteiger partial charge in [-0.2, -0.15) is 0 Å². The van der Waals surface area contributed by atoms with Gasteiger partial charge in [-0.3, -0.25) is 4.90 Å². The predicted octanol–water partition coefficient (Wildman–Crippen LogP) is 4.31. The summed E-state index contributed by atoms with van der Waals surface area (Å²) in [4.78, 5) is 12.5. The Hall–Kier alpha value is -1.70. The van der Waals surface area contributed by atoms with Gasteiger partial charge in [-0.05, 0) is 19.3 Å². The molecule has 1 saturated carbocycles. The third kappa shape index (κ3) is 2.55. The monoisotopic (exact) mass is 309 g/mol. The van der Waals surface area contributed by atoms with E-state index < -0.39 is 0 Å². The minimum atomic E-state index is 0.693. The van der Waals surface area contributed by atoms with Gasteiger partial charge < -0.3 is 0 Å². The summed E-state index contributed by atoms with van der Waals surface area (Å²) in [7, 11) is 0. The fourth-order valence-corrected chi connectivity index (χ4v) is 4.40. The standard InChI is InChI=1S/C18H19N3S/c1-19-14-7-5-13(6-8-14)18-20-16-9-11-21(15-3-2-4-15)12-10-17(16)22-18/h5-8,15H,2-4,9-12H2. The number of aromatic nitrogens is 1. The third-order valence-corrected chi connectivity index (χ3v) is 6.08. The Bertz CT molecular complexity index is 681. The van der Waals surface area contributed by atoms with Gasteiger partial charge in [-0.1, -0.05) is 30.7 Å². The number of benzene rings is 1. The molecule has 1 aromatic carbocycles. The van der Waals surface area contributed by atoms with E-state index >= 15 is 0 Å². The third-order valence-electron chi connectivity index (χ3n) is 4.87. The molecular formula is C18H19N3S. The lowest BCUT2D eigenvalue weighted by atomic mass is 9.91. The summed E-state index contributed by atoms with van der Waals surface area (Å²) < 4.78 is 0. The Morgan fingerprint density at radius 1 is 1.14 bits per heavy atom. The SMILES string of the molecule is [C-]#[N+]c1ccc(-c2nc3c(s2)CCN(C2CCC2)CC3)cc1. The number of hydrogen-bond donors (Lipinski definition) is 0. The maximum atomic E-state index is 7.03.